The number of rotatable bonds is 3. The Hall–Kier alpha value is -1.30. The minimum absolute atomic E-state index is 0.0167. The molecular weight excluding hydrogens is 582 g/mol. The third-order valence-corrected chi connectivity index (χ3v) is 13.0. The zero-order valence-electron chi connectivity index (χ0n) is 31.0. The zero-order chi connectivity index (χ0) is 34.2. The van der Waals surface area contributed by atoms with Crippen LogP contribution in [0.3, 0.4) is 0 Å². The summed E-state index contributed by atoms with van der Waals surface area (Å²) in [5, 5.41) is 11.4. The molecule has 1 aromatic rings. The first-order chi connectivity index (χ1) is 20.3. The van der Waals surface area contributed by atoms with Crippen LogP contribution in [-0.4, -0.2) is 58.8 Å². The maximum absolute atomic E-state index is 14.6. The van der Waals surface area contributed by atoms with E-state index in [9.17, 15) is 9.90 Å². The summed E-state index contributed by atoms with van der Waals surface area (Å²) >= 11 is 6.85. The first kappa shape index (κ1) is 36.5. The summed E-state index contributed by atoms with van der Waals surface area (Å²) in [5.74, 6) is 1.04. The largest absolute Gasteiger partial charge is 0.507 e. The van der Waals surface area contributed by atoms with E-state index in [0.29, 0.717) is 18.1 Å². The van der Waals surface area contributed by atoms with Crippen LogP contribution >= 0.6 is 11.6 Å². The lowest BCUT2D eigenvalue weighted by Gasteiger charge is -2.64. The molecule has 0 spiro atoms. The lowest BCUT2D eigenvalue weighted by atomic mass is 9.56. The SMILES string of the molecule is CN1C(C)(C)C2CCC1(C)C1(C)CC(CC(C)(C)CC1CCl)OC(=O)C(C)(Cc1cc(C(C)(C)C)c(O)c(C(C)(C)C)c1)CO2. The van der Waals surface area contributed by atoms with Crippen LogP contribution < -0.4 is 0 Å². The number of piperidine rings is 1. The molecule has 5 rings (SSSR count). The maximum Gasteiger partial charge on any atom is 0.314 e. The van der Waals surface area contributed by atoms with Crippen molar-refractivity contribution in [2.75, 3.05) is 19.5 Å². The van der Waals surface area contributed by atoms with Gasteiger partial charge in [-0.3, -0.25) is 9.69 Å². The molecule has 3 saturated heterocycles. The van der Waals surface area contributed by atoms with E-state index in [0.717, 1.165) is 48.8 Å². The summed E-state index contributed by atoms with van der Waals surface area (Å²) in [6.45, 7) is 29.1. The molecule has 4 fully saturated rings. The summed E-state index contributed by atoms with van der Waals surface area (Å²) in [6.07, 6.45) is 4.75. The number of halogens is 1. The van der Waals surface area contributed by atoms with Crippen LogP contribution in [0.1, 0.15) is 139 Å². The molecule has 5 nitrogen and oxygen atoms in total. The van der Waals surface area contributed by atoms with Gasteiger partial charge in [0.15, 0.2) is 0 Å². The number of likely N-dealkylation sites (N-methyl/N-ethyl adjacent to an activating group) is 1. The van der Waals surface area contributed by atoms with Gasteiger partial charge >= 0.3 is 5.97 Å². The predicted octanol–water partition coefficient (Wildman–Crippen LogP) is 9.18. The number of phenolic OH excluding ortho intramolecular Hbond substituents is 1. The number of alkyl halides is 1. The van der Waals surface area contributed by atoms with E-state index >= 15 is 0 Å². The van der Waals surface area contributed by atoms with Crippen molar-refractivity contribution in [1.82, 2.24) is 4.90 Å². The monoisotopic (exact) mass is 645 g/mol. The fourth-order valence-corrected chi connectivity index (χ4v) is 9.61. The van der Waals surface area contributed by atoms with Crippen LogP contribution in [0, 0.1) is 22.2 Å². The molecule has 1 aromatic carbocycles. The second kappa shape index (κ2) is 11.7. The second-order valence-corrected chi connectivity index (χ2v) is 19.5. The first-order valence-corrected chi connectivity index (χ1v) is 17.8. The van der Waals surface area contributed by atoms with E-state index < -0.39 is 5.41 Å². The average molecular weight is 646 g/mol. The number of fused-ring (bicyclic) bond motifs is 6. The van der Waals surface area contributed by atoms with Gasteiger partial charge in [0.05, 0.1) is 18.1 Å². The standard InChI is InChI=1S/C39H64ClNO4/c1-33(2,3)28-17-25(18-29(31(28)42)34(4,5)6)19-37(11)24-44-30-15-16-39(13,41(14)36(30,9)10)38(12)22-27(45-32(37)43)21-35(7,8)20-26(38)23-40/h17-18,26-27,30,42H,15-16,19-24H2,1-14H3. The van der Waals surface area contributed by atoms with E-state index in [1.807, 2.05) is 6.92 Å². The highest BCUT2D eigenvalue weighted by molar-refractivity contribution is 6.18. The van der Waals surface area contributed by atoms with Crippen molar-refractivity contribution in [2.45, 2.75) is 163 Å². The molecule has 4 bridgehead atoms. The van der Waals surface area contributed by atoms with E-state index in [1.165, 1.54) is 0 Å². The predicted molar refractivity (Wildman–Crippen MR) is 186 cm³/mol. The van der Waals surface area contributed by atoms with E-state index in [2.05, 4.69) is 107 Å². The molecule has 3 heterocycles. The highest BCUT2D eigenvalue weighted by atomic mass is 35.5. The summed E-state index contributed by atoms with van der Waals surface area (Å²) in [7, 11) is 2.27. The van der Waals surface area contributed by atoms with E-state index in [-0.39, 0.29) is 63.4 Å². The molecule has 6 unspecified atom stereocenters. The highest BCUT2D eigenvalue weighted by Gasteiger charge is 2.61. The maximum atomic E-state index is 14.6. The van der Waals surface area contributed by atoms with Crippen molar-refractivity contribution in [3.63, 3.8) is 0 Å². The number of esters is 1. The number of ether oxygens (including phenoxy) is 2. The van der Waals surface area contributed by atoms with Gasteiger partial charge in [0.1, 0.15) is 11.9 Å². The molecule has 0 amide bonds. The Morgan fingerprint density at radius 1 is 0.933 bits per heavy atom. The lowest BCUT2D eigenvalue weighted by Crippen LogP contribution is -2.71. The van der Waals surface area contributed by atoms with Crippen molar-refractivity contribution in [3.05, 3.63) is 28.8 Å². The van der Waals surface area contributed by atoms with Crippen molar-refractivity contribution >= 4 is 17.6 Å². The number of hydrogen-bond donors (Lipinski definition) is 1. The molecule has 45 heavy (non-hydrogen) atoms. The van der Waals surface area contributed by atoms with Gasteiger partial charge in [-0.2, -0.15) is 0 Å². The number of aromatic hydroxyl groups is 1. The highest BCUT2D eigenvalue weighted by Crippen LogP contribution is 2.59. The molecule has 4 aliphatic rings. The quantitative estimate of drug-likeness (QED) is 0.262. The number of nitrogens with zero attached hydrogens (tertiary/aromatic N) is 1. The van der Waals surface area contributed by atoms with Crippen molar-refractivity contribution in [3.8, 4) is 5.75 Å². The van der Waals surface area contributed by atoms with E-state index in [1.54, 1.807) is 0 Å². The molecule has 1 aliphatic carbocycles. The van der Waals surface area contributed by atoms with E-state index in [4.69, 9.17) is 21.1 Å². The Morgan fingerprint density at radius 3 is 2.00 bits per heavy atom. The Balaban J connectivity index is 1.86. The minimum Gasteiger partial charge on any atom is -0.507 e. The normalized spacial score (nSPS) is 36.1. The zero-order valence-corrected chi connectivity index (χ0v) is 31.8. The molecule has 1 N–H and O–H groups in total. The summed E-state index contributed by atoms with van der Waals surface area (Å²) in [6, 6.07) is 4.19. The summed E-state index contributed by atoms with van der Waals surface area (Å²) < 4.78 is 13.6. The van der Waals surface area contributed by atoms with Gasteiger partial charge in [0.2, 0.25) is 0 Å². The van der Waals surface area contributed by atoms with Gasteiger partial charge in [-0.05, 0) is 118 Å². The van der Waals surface area contributed by atoms with Crippen LogP contribution in [0.5, 0.6) is 5.75 Å². The first-order valence-electron chi connectivity index (χ1n) is 17.3. The molecule has 3 aliphatic heterocycles. The third kappa shape index (κ3) is 6.58. The molecule has 0 aromatic heterocycles. The molecule has 6 heteroatoms. The minimum atomic E-state index is -0.908. The lowest BCUT2D eigenvalue weighted by molar-refractivity contribution is -0.200. The van der Waals surface area contributed by atoms with Gasteiger partial charge in [0, 0.05) is 17.0 Å². The number of carbonyl (C=O) groups is 1. The summed E-state index contributed by atoms with van der Waals surface area (Å²) in [5.41, 5.74) is 0.836. The summed E-state index contributed by atoms with van der Waals surface area (Å²) in [4.78, 5) is 17.2. The smallest absolute Gasteiger partial charge is 0.314 e. The van der Waals surface area contributed by atoms with Crippen LogP contribution in [-0.2, 0) is 31.5 Å². The fourth-order valence-electron chi connectivity index (χ4n) is 9.16. The topological polar surface area (TPSA) is 59.0 Å². The van der Waals surface area contributed by atoms with Gasteiger partial charge < -0.3 is 14.6 Å². The third-order valence-electron chi connectivity index (χ3n) is 12.6. The van der Waals surface area contributed by atoms with Gasteiger partial charge in [-0.1, -0.05) is 74.4 Å². The Bertz CT molecular complexity index is 1240. The van der Waals surface area contributed by atoms with Gasteiger partial charge in [0.25, 0.3) is 0 Å². The number of hydrogen-bond acceptors (Lipinski definition) is 5. The molecule has 0 radical (unpaired) electrons. The van der Waals surface area contributed by atoms with Crippen LogP contribution in [0.4, 0.5) is 0 Å². The molecule has 1 saturated carbocycles. The van der Waals surface area contributed by atoms with Crippen LogP contribution in [0.2, 0.25) is 0 Å². The fraction of sp³-hybridized carbons (Fsp3) is 0.821. The number of phenols is 1. The van der Waals surface area contributed by atoms with Crippen LogP contribution in [0.15, 0.2) is 12.1 Å². The Morgan fingerprint density at radius 2 is 1.49 bits per heavy atom. The Labute approximate surface area is 280 Å². The molecule has 6 atom stereocenters. The molecular formula is C39H64ClNO4. The second-order valence-electron chi connectivity index (χ2n) is 19.2. The van der Waals surface area contributed by atoms with Crippen LogP contribution in [0.25, 0.3) is 0 Å². The number of carbonyl (C=O) groups excluding carboxylic acids is 1. The Kier molecular flexibility index (Phi) is 9.49. The van der Waals surface area contributed by atoms with Gasteiger partial charge in [-0.25, -0.2) is 0 Å². The number of benzene rings is 1. The van der Waals surface area contributed by atoms with Crippen molar-refractivity contribution < 1.29 is 19.4 Å². The molecule has 256 valence electrons. The van der Waals surface area contributed by atoms with Crippen molar-refractivity contribution in [2.24, 2.45) is 22.2 Å². The average Bonchev–Trinajstić information content (AvgIpc) is 2.98. The van der Waals surface area contributed by atoms with Crippen molar-refractivity contribution in [1.29, 1.82) is 0 Å². The van der Waals surface area contributed by atoms with Gasteiger partial charge in [-0.15, -0.1) is 11.6 Å².